The minimum absolute atomic E-state index is 0.150. The Labute approximate surface area is 169 Å². The molecule has 2 aromatic rings. The van der Waals surface area contributed by atoms with Crippen LogP contribution in [0, 0.1) is 0 Å². The van der Waals surface area contributed by atoms with Crippen LogP contribution in [0.25, 0.3) is 5.57 Å². The van der Waals surface area contributed by atoms with E-state index in [9.17, 15) is 14.7 Å². The Morgan fingerprint density at radius 1 is 1.21 bits per heavy atom. The van der Waals surface area contributed by atoms with Gasteiger partial charge in [0.15, 0.2) is 11.5 Å². The largest absolute Gasteiger partial charge is 0.523 e. The predicted octanol–water partition coefficient (Wildman–Crippen LogP) is 3.86. The summed E-state index contributed by atoms with van der Waals surface area (Å²) in [5.41, 5.74) is 1.64. The lowest BCUT2D eigenvalue weighted by molar-refractivity contribution is -0.113. The van der Waals surface area contributed by atoms with E-state index in [4.69, 9.17) is 9.53 Å². The Bertz CT molecular complexity index is 947. The molecule has 1 unspecified atom stereocenters. The third-order valence-electron chi connectivity index (χ3n) is 4.94. The number of amides is 1. The molecule has 1 atom stereocenters. The van der Waals surface area contributed by atoms with Gasteiger partial charge in [0, 0.05) is 24.9 Å². The lowest BCUT2D eigenvalue weighted by Crippen LogP contribution is -2.60. The minimum Gasteiger partial charge on any atom is -0.497 e. The number of allylic oxidation sites excluding steroid dienone is 1. The van der Waals surface area contributed by atoms with E-state index in [0.717, 1.165) is 5.56 Å². The van der Waals surface area contributed by atoms with Crippen LogP contribution < -0.4 is 9.22 Å². The highest BCUT2D eigenvalue weighted by Gasteiger charge is 2.55. The molecule has 29 heavy (non-hydrogen) atoms. The van der Waals surface area contributed by atoms with Crippen molar-refractivity contribution < 1.29 is 24.2 Å². The van der Waals surface area contributed by atoms with E-state index in [1.165, 1.54) is 0 Å². The summed E-state index contributed by atoms with van der Waals surface area (Å²) in [6, 6.07) is 8.79. The molecule has 0 saturated carbocycles. The topological polar surface area (TPSA) is 93.6 Å². The first-order valence-corrected chi connectivity index (χ1v) is 8.96. The second-order valence-corrected chi connectivity index (χ2v) is 7.56. The van der Waals surface area contributed by atoms with Crippen LogP contribution in [0.5, 0.6) is 5.75 Å². The lowest BCUT2D eigenvalue weighted by atomic mass is 9.98. The zero-order chi connectivity index (χ0) is 21.8. The predicted molar refractivity (Wildman–Crippen MR) is 111 cm³/mol. The third-order valence-corrected chi connectivity index (χ3v) is 4.94. The SMILES string of the molecule is C=O.COc1ccc2c(c1)C(C(=O)Cc1cccnc1)=C[N+]2(C(=O)O)C(C)(C)C. The maximum atomic E-state index is 13.1. The van der Waals surface area contributed by atoms with Crippen molar-refractivity contribution in [2.75, 3.05) is 7.11 Å². The van der Waals surface area contributed by atoms with Gasteiger partial charge in [-0.15, -0.1) is 0 Å². The molecule has 1 aromatic heterocycles. The van der Waals surface area contributed by atoms with Crippen molar-refractivity contribution in [1.82, 2.24) is 9.47 Å². The number of quaternary nitrogens is 1. The number of fused-ring (bicyclic) bond motifs is 1. The molecule has 0 aliphatic carbocycles. The molecule has 1 N–H and O–H groups in total. The maximum Gasteiger partial charge on any atom is 0.523 e. The summed E-state index contributed by atoms with van der Waals surface area (Å²) in [5.74, 6) is 0.427. The second kappa shape index (κ2) is 8.36. The van der Waals surface area contributed by atoms with Crippen molar-refractivity contribution in [2.45, 2.75) is 32.7 Å². The van der Waals surface area contributed by atoms with Gasteiger partial charge in [0.25, 0.3) is 0 Å². The van der Waals surface area contributed by atoms with Gasteiger partial charge in [-0.2, -0.15) is 9.28 Å². The van der Waals surface area contributed by atoms with Crippen LogP contribution in [0.1, 0.15) is 31.9 Å². The molecule has 2 heterocycles. The van der Waals surface area contributed by atoms with E-state index in [2.05, 4.69) is 4.98 Å². The molecule has 0 radical (unpaired) electrons. The summed E-state index contributed by atoms with van der Waals surface area (Å²) < 4.78 is 4.85. The highest BCUT2D eigenvalue weighted by molar-refractivity contribution is 6.25. The summed E-state index contributed by atoms with van der Waals surface area (Å²) in [7, 11) is 1.54. The summed E-state index contributed by atoms with van der Waals surface area (Å²) in [6.45, 7) is 7.54. The molecular formula is C22H25N2O5+. The standard InChI is InChI=1S/C21H22N2O4.CH2O/c1-21(2,3)23(20(25)26)13-17(16-11-15(27-4)7-8-18(16)23)19(24)10-14-6-5-9-22-12-14;1-2/h5-9,11-13H,10H2,1-4H3;1H2/p+1. The molecule has 3 rings (SSSR count). The Morgan fingerprint density at radius 3 is 2.41 bits per heavy atom. The van der Waals surface area contributed by atoms with E-state index in [0.29, 0.717) is 22.6 Å². The van der Waals surface area contributed by atoms with E-state index in [-0.39, 0.29) is 12.2 Å². The number of carboxylic acid groups (broad SMARTS) is 1. The van der Waals surface area contributed by atoms with Crippen molar-refractivity contribution in [1.29, 1.82) is 0 Å². The van der Waals surface area contributed by atoms with E-state index in [1.807, 2.05) is 33.6 Å². The summed E-state index contributed by atoms with van der Waals surface area (Å²) in [6.07, 6.45) is 3.97. The Hall–Kier alpha value is -3.32. The van der Waals surface area contributed by atoms with Crippen LogP contribution >= 0.6 is 0 Å². The van der Waals surface area contributed by atoms with E-state index < -0.39 is 16.1 Å². The molecule has 0 spiro atoms. The highest BCUT2D eigenvalue weighted by Crippen LogP contribution is 2.47. The normalized spacial score (nSPS) is 17.4. The van der Waals surface area contributed by atoms with Gasteiger partial charge in [-0.3, -0.25) is 9.78 Å². The average Bonchev–Trinajstić information content (AvgIpc) is 3.06. The average molecular weight is 397 g/mol. The molecule has 1 amide bonds. The molecule has 7 nitrogen and oxygen atoms in total. The summed E-state index contributed by atoms with van der Waals surface area (Å²) in [5, 5.41) is 10.1. The third kappa shape index (κ3) is 3.82. The quantitative estimate of drug-likeness (QED) is 0.788. The molecule has 152 valence electrons. The first-order chi connectivity index (χ1) is 13.7. The molecule has 0 fully saturated rings. The van der Waals surface area contributed by atoms with Crippen LogP contribution in [0.3, 0.4) is 0 Å². The number of carbonyl (C=O) groups is 3. The van der Waals surface area contributed by atoms with Gasteiger partial charge in [0.1, 0.15) is 24.3 Å². The minimum atomic E-state index is -1.03. The second-order valence-electron chi connectivity index (χ2n) is 7.56. The number of ether oxygens (including phenoxy) is 1. The molecular weight excluding hydrogens is 372 g/mol. The number of benzene rings is 1. The number of hydrogen-bond donors (Lipinski definition) is 1. The zero-order valence-electron chi connectivity index (χ0n) is 17.0. The van der Waals surface area contributed by atoms with Gasteiger partial charge in [-0.1, -0.05) is 6.07 Å². The number of Topliss-reactive ketones (excluding diaryl/α,β-unsaturated/α-hetero) is 1. The van der Waals surface area contributed by atoms with Gasteiger partial charge >= 0.3 is 6.09 Å². The van der Waals surface area contributed by atoms with Crippen molar-refractivity contribution >= 4 is 29.9 Å². The van der Waals surface area contributed by atoms with Crippen molar-refractivity contribution in [2.24, 2.45) is 0 Å². The van der Waals surface area contributed by atoms with Crippen LogP contribution in [0.2, 0.25) is 0 Å². The first-order valence-electron chi connectivity index (χ1n) is 8.96. The molecule has 0 saturated heterocycles. The van der Waals surface area contributed by atoms with Gasteiger partial charge in [-0.05, 0) is 44.5 Å². The molecule has 0 bridgehead atoms. The number of aromatic nitrogens is 1. The van der Waals surface area contributed by atoms with Crippen LogP contribution in [-0.4, -0.2) is 41.4 Å². The number of pyridine rings is 1. The van der Waals surface area contributed by atoms with E-state index in [1.54, 1.807) is 50.0 Å². The fraction of sp³-hybridized carbons (Fsp3) is 0.273. The molecule has 1 aliphatic heterocycles. The van der Waals surface area contributed by atoms with Crippen LogP contribution in [0.15, 0.2) is 48.9 Å². The van der Waals surface area contributed by atoms with Crippen LogP contribution in [0.4, 0.5) is 10.5 Å². The molecule has 1 aliphatic rings. The van der Waals surface area contributed by atoms with Gasteiger partial charge in [0.05, 0.1) is 18.2 Å². The zero-order valence-corrected chi connectivity index (χ0v) is 17.0. The summed E-state index contributed by atoms with van der Waals surface area (Å²) in [4.78, 5) is 37.5. The fourth-order valence-electron chi connectivity index (χ4n) is 3.50. The number of hydrogen-bond acceptors (Lipinski definition) is 5. The van der Waals surface area contributed by atoms with E-state index >= 15 is 0 Å². The van der Waals surface area contributed by atoms with Gasteiger partial charge in [-0.25, -0.2) is 0 Å². The number of carbonyl (C=O) groups excluding carboxylic acids is 2. The summed E-state index contributed by atoms with van der Waals surface area (Å²) >= 11 is 0. The Kier molecular flexibility index (Phi) is 6.34. The molecule has 1 aromatic carbocycles. The molecule has 7 heteroatoms. The lowest BCUT2D eigenvalue weighted by Gasteiger charge is -2.38. The Balaban J connectivity index is 0.00000145. The van der Waals surface area contributed by atoms with Crippen LogP contribution in [-0.2, 0) is 16.0 Å². The number of rotatable bonds is 4. The number of nitrogens with zero attached hydrogens (tertiary/aromatic N) is 2. The fourth-order valence-corrected chi connectivity index (χ4v) is 3.50. The van der Waals surface area contributed by atoms with Gasteiger partial charge in [0.2, 0.25) is 0 Å². The highest BCUT2D eigenvalue weighted by atomic mass is 16.5. The first kappa shape index (κ1) is 22.0. The number of methoxy groups -OCH3 is 1. The van der Waals surface area contributed by atoms with Crippen molar-refractivity contribution in [3.8, 4) is 5.75 Å². The van der Waals surface area contributed by atoms with Crippen molar-refractivity contribution in [3.05, 3.63) is 60.1 Å². The Morgan fingerprint density at radius 2 is 1.90 bits per heavy atom. The number of ketones is 1. The smallest absolute Gasteiger partial charge is 0.497 e. The monoisotopic (exact) mass is 397 g/mol. The van der Waals surface area contributed by atoms with Crippen molar-refractivity contribution in [3.63, 3.8) is 0 Å². The van der Waals surface area contributed by atoms with Gasteiger partial charge < -0.3 is 14.6 Å². The maximum absolute atomic E-state index is 13.1.